The Bertz CT molecular complexity index is 346. The van der Waals surface area contributed by atoms with Crippen molar-refractivity contribution in [2.75, 3.05) is 33.2 Å². The third-order valence-corrected chi connectivity index (χ3v) is 5.76. The second kappa shape index (κ2) is 6.32. The summed E-state index contributed by atoms with van der Waals surface area (Å²) in [5.41, 5.74) is 0. The van der Waals surface area contributed by atoms with E-state index >= 15 is 0 Å². The van der Waals surface area contributed by atoms with Crippen LogP contribution in [0.1, 0.15) is 32.1 Å². The van der Waals surface area contributed by atoms with Crippen molar-refractivity contribution in [3.8, 4) is 0 Å². The zero-order valence-corrected chi connectivity index (χ0v) is 12.0. The highest BCUT2D eigenvalue weighted by Crippen LogP contribution is 2.26. The van der Waals surface area contributed by atoms with Crippen molar-refractivity contribution in [1.29, 1.82) is 0 Å². The van der Waals surface area contributed by atoms with Crippen LogP contribution in [0.15, 0.2) is 0 Å². The molecule has 1 saturated heterocycles. The molecule has 0 aromatic carbocycles. The maximum absolute atomic E-state index is 12.1. The van der Waals surface area contributed by atoms with Gasteiger partial charge in [-0.05, 0) is 51.1 Å². The number of hydrogen-bond acceptors (Lipinski definition) is 3. The minimum Gasteiger partial charge on any atom is -0.319 e. The van der Waals surface area contributed by atoms with Crippen LogP contribution in [0, 0.1) is 11.8 Å². The van der Waals surface area contributed by atoms with Gasteiger partial charge in [-0.3, -0.25) is 0 Å². The summed E-state index contributed by atoms with van der Waals surface area (Å²) in [6, 6.07) is 0. The first-order valence-corrected chi connectivity index (χ1v) is 8.45. The van der Waals surface area contributed by atoms with Gasteiger partial charge in [-0.1, -0.05) is 6.42 Å². The maximum atomic E-state index is 12.1. The quantitative estimate of drug-likeness (QED) is 0.744. The van der Waals surface area contributed by atoms with Gasteiger partial charge in [-0.2, -0.15) is 12.7 Å². The molecule has 18 heavy (non-hydrogen) atoms. The molecule has 0 unspecified atom stereocenters. The van der Waals surface area contributed by atoms with E-state index in [-0.39, 0.29) is 0 Å². The Labute approximate surface area is 110 Å². The largest absolute Gasteiger partial charge is 0.319 e. The molecule has 0 aromatic rings. The van der Waals surface area contributed by atoms with Gasteiger partial charge in [0.05, 0.1) is 0 Å². The average Bonchev–Trinajstić information content (AvgIpc) is 2.28. The molecule has 0 spiro atoms. The third kappa shape index (κ3) is 3.66. The van der Waals surface area contributed by atoms with Crippen LogP contribution < -0.4 is 10.0 Å². The molecule has 2 fully saturated rings. The fourth-order valence-electron chi connectivity index (χ4n) is 2.65. The van der Waals surface area contributed by atoms with E-state index in [1.165, 1.54) is 19.3 Å². The fourth-order valence-corrected chi connectivity index (χ4v) is 3.97. The number of piperidine rings is 1. The highest BCUT2D eigenvalue weighted by molar-refractivity contribution is 7.87. The van der Waals surface area contributed by atoms with E-state index in [1.807, 2.05) is 7.05 Å². The Morgan fingerprint density at radius 3 is 2.17 bits per heavy atom. The van der Waals surface area contributed by atoms with E-state index < -0.39 is 10.2 Å². The molecule has 106 valence electrons. The van der Waals surface area contributed by atoms with Gasteiger partial charge in [0.2, 0.25) is 0 Å². The van der Waals surface area contributed by atoms with Crippen LogP contribution in [-0.4, -0.2) is 45.9 Å². The summed E-state index contributed by atoms with van der Waals surface area (Å²) in [6.45, 7) is 2.93. The molecule has 2 N–H and O–H groups in total. The van der Waals surface area contributed by atoms with Crippen LogP contribution in [0.2, 0.25) is 0 Å². The molecule has 1 heterocycles. The van der Waals surface area contributed by atoms with Crippen LogP contribution in [0.25, 0.3) is 0 Å². The van der Waals surface area contributed by atoms with Crippen molar-refractivity contribution in [2.24, 2.45) is 11.8 Å². The molecule has 0 radical (unpaired) electrons. The topological polar surface area (TPSA) is 61.4 Å². The summed E-state index contributed by atoms with van der Waals surface area (Å²) in [6.07, 6.45) is 5.53. The van der Waals surface area contributed by atoms with Gasteiger partial charge >= 0.3 is 0 Å². The van der Waals surface area contributed by atoms with E-state index in [2.05, 4.69) is 10.0 Å². The van der Waals surface area contributed by atoms with Gasteiger partial charge in [0, 0.05) is 19.6 Å². The van der Waals surface area contributed by atoms with E-state index in [1.54, 1.807) is 4.31 Å². The predicted octanol–water partition coefficient (Wildman–Crippen LogP) is 0.552. The van der Waals surface area contributed by atoms with Gasteiger partial charge in [-0.15, -0.1) is 0 Å². The number of rotatable bonds is 6. The van der Waals surface area contributed by atoms with Crippen molar-refractivity contribution in [2.45, 2.75) is 32.1 Å². The number of hydrogen-bond donors (Lipinski definition) is 2. The highest BCUT2D eigenvalue weighted by Gasteiger charge is 2.28. The van der Waals surface area contributed by atoms with Gasteiger partial charge in [0.25, 0.3) is 10.2 Å². The summed E-state index contributed by atoms with van der Waals surface area (Å²) in [7, 11) is -1.28. The van der Waals surface area contributed by atoms with Crippen LogP contribution in [-0.2, 0) is 10.2 Å². The van der Waals surface area contributed by atoms with Crippen molar-refractivity contribution < 1.29 is 8.42 Å². The summed E-state index contributed by atoms with van der Waals surface area (Å²) in [5, 5.41) is 3.16. The van der Waals surface area contributed by atoms with Gasteiger partial charge in [0.1, 0.15) is 0 Å². The third-order valence-electron chi connectivity index (χ3n) is 4.19. The van der Waals surface area contributed by atoms with Crippen LogP contribution >= 0.6 is 0 Å². The molecule has 2 rings (SSSR count). The van der Waals surface area contributed by atoms with E-state index in [0.29, 0.717) is 31.5 Å². The van der Waals surface area contributed by atoms with Crippen molar-refractivity contribution in [1.82, 2.24) is 14.3 Å². The standard InChI is InChI=1S/C12H25N3O2S/c1-13-9-12-5-7-15(8-6-12)18(16,17)14-10-11-3-2-4-11/h11-14H,2-10H2,1H3. The second-order valence-electron chi connectivity index (χ2n) is 5.55. The van der Waals surface area contributed by atoms with Crippen molar-refractivity contribution >= 4 is 10.2 Å². The summed E-state index contributed by atoms with van der Waals surface area (Å²) in [4.78, 5) is 0. The molecule has 0 aromatic heterocycles. The second-order valence-corrected chi connectivity index (χ2v) is 7.31. The molecule has 6 heteroatoms. The summed E-state index contributed by atoms with van der Waals surface area (Å²) >= 11 is 0. The highest BCUT2D eigenvalue weighted by atomic mass is 32.2. The molecular weight excluding hydrogens is 250 g/mol. The molecule has 0 atom stereocenters. The normalized spacial score (nSPS) is 24.1. The fraction of sp³-hybridized carbons (Fsp3) is 1.00. The molecule has 1 saturated carbocycles. The average molecular weight is 275 g/mol. The van der Waals surface area contributed by atoms with Gasteiger partial charge < -0.3 is 5.32 Å². The Kier molecular flexibility index (Phi) is 5.00. The maximum Gasteiger partial charge on any atom is 0.279 e. The van der Waals surface area contributed by atoms with Crippen LogP contribution in [0.5, 0.6) is 0 Å². The lowest BCUT2D eigenvalue weighted by Crippen LogP contribution is -2.47. The molecule has 0 bridgehead atoms. The first kappa shape index (κ1) is 14.2. The molecule has 5 nitrogen and oxygen atoms in total. The van der Waals surface area contributed by atoms with Crippen LogP contribution in [0.3, 0.4) is 0 Å². The van der Waals surface area contributed by atoms with E-state index in [0.717, 1.165) is 19.4 Å². The molecular formula is C12H25N3O2S. The molecule has 1 aliphatic heterocycles. The zero-order chi connectivity index (χ0) is 13.0. The lowest BCUT2D eigenvalue weighted by molar-refractivity contribution is 0.263. The minimum absolute atomic E-state index is 0.571. The number of nitrogens with one attached hydrogen (secondary N) is 2. The summed E-state index contributed by atoms with van der Waals surface area (Å²) in [5.74, 6) is 1.19. The first-order chi connectivity index (χ1) is 8.62. The first-order valence-electron chi connectivity index (χ1n) is 7.01. The van der Waals surface area contributed by atoms with Gasteiger partial charge in [-0.25, -0.2) is 4.72 Å². The Morgan fingerprint density at radius 2 is 1.67 bits per heavy atom. The Morgan fingerprint density at radius 1 is 1.06 bits per heavy atom. The Hall–Kier alpha value is -0.170. The SMILES string of the molecule is CNCC1CCN(S(=O)(=O)NCC2CCC2)CC1. The van der Waals surface area contributed by atoms with Gasteiger partial charge in [0.15, 0.2) is 0 Å². The monoisotopic (exact) mass is 275 g/mol. The van der Waals surface area contributed by atoms with Crippen molar-refractivity contribution in [3.05, 3.63) is 0 Å². The minimum atomic E-state index is -3.23. The zero-order valence-electron chi connectivity index (χ0n) is 11.2. The lowest BCUT2D eigenvalue weighted by atomic mass is 9.86. The smallest absolute Gasteiger partial charge is 0.279 e. The summed E-state index contributed by atoms with van der Waals surface area (Å²) < 4.78 is 28.6. The predicted molar refractivity (Wildman–Crippen MR) is 72.5 cm³/mol. The molecule has 2 aliphatic rings. The van der Waals surface area contributed by atoms with Crippen LogP contribution in [0.4, 0.5) is 0 Å². The lowest BCUT2D eigenvalue weighted by Gasteiger charge is -2.32. The number of nitrogens with zero attached hydrogens (tertiary/aromatic N) is 1. The molecule has 1 aliphatic carbocycles. The Balaban J connectivity index is 1.76. The van der Waals surface area contributed by atoms with E-state index in [9.17, 15) is 8.42 Å². The molecule has 0 amide bonds. The van der Waals surface area contributed by atoms with Crippen molar-refractivity contribution in [3.63, 3.8) is 0 Å². The van der Waals surface area contributed by atoms with E-state index in [4.69, 9.17) is 0 Å².